The van der Waals surface area contributed by atoms with Gasteiger partial charge in [-0.25, -0.2) is 0 Å². The summed E-state index contributed by atoms with van der Waals surface area (Å²) in [5, 5.41) is 0. The maximum atomic E-state index is 6.21. The molecule has 1 heterocycles. The highest BCUT2D eigenvalue weighted by atomic mass is 16.5. The van der Waals surface area contributed by atoms with Gasteiger partial charge in [0.2, 0.25) is 0 Å². The highest BCUT2D eigenvalue weighted by Gasteiger charge is 2.13. The van der Waals surface area contributed by atoms with Crippen molar-refractivity contribution in [2.75, 3.05) is 7.11 Å². The number of hydrogen-bond acceptors (Lipinski definition) is 3. The van der Waals surface area contributed by atoms with Gasteiger partial charge in [-0.1, -0.05) is 18.2 Å². The summed E-state index contributed by atoms with van der Waals surface area (Å²) in [5.74, 6) is 1.57. The third kappa shape index (κ3) is 2.63. The first-order chi connectivity index (χ1) is 8.61. The molecule has 3 nitrogen and oxygen atoms in total. The van der Waals surface area contributed by atoms with E-state index in [2.05, 4.69) is 26.0 Å². The second-order valence-corrected chi connectivity index (χ2v) is 4.56. The molecule has 0 aliphatic rings. The fraction of sp³-hybridized carbons (Fsp3) is 0.333. The molecule has 0 bridgehead atoms. The standard InChI is InChI=1S/C15H19NO2/c1-10-4-5-12(8-11(10)2)15(16)14-7-6-13(18-14)9-17-3/h4-8,15H,9,16H2,1-3H3. The highest BCUT2D eigenvalue weighted by molar-refractivity contribution is 5.34. The van der Waals surface area contributed by atoms with E-state index in [4.69, 9.17) is 14.9 Å². The van der Waals surface area contributed by atoms with Gasteiger partial charge in [0, 0.05) is 7.11 Å². The zero-order valence-electron chi connectivity index (χ0n) is 11.1. The van der Waals surface area contributed by atoms with Crippen molar-refractivity contribution in [2.45, 2.75) is 26.5 Å². The Morgan fingerprint density at radius 2 is 1.94 bits per heavy atom. The molecule has 0 saturated heterocycles. The average molecular weight is 245 g/mol. The van der Waals surface area contributed by atoms with Crippen LogP contribution in [0.25, 0.3) is 0 Å². The number of nitrogens with two attached hydrogens (primary N) is 1. The van der Waals surface area contributed by atoms with Crippen LogP contribution in [0.3, 0.4) is 0 Å². The molecule has 18 heavy (non-hydrogen) atoms. The zero-order chi connectivity index (χ0) is 13.1. The molecule has 0 spiro atoms. The number of benzene rings is 1. The van der Waals surface area contributed by atoms with Gasteiger partial charge in [0.25, 0.3) is 0 Å². The molecule has 2 N–H and O–H groups in total. The Bertz CT molecular complexity index is 531. The van der Waals surface area contributed by atoms with Crippen LogP contribution in [0.2, 0.25) is 0 Å². The summed E-state index contributed by atoms with van der Waals surface area (Å²) in [6, 6.07) is 9.83. The van der Waals surface area contributed by atoms with Crippen LogP contribution in [0.15, 0.2) is 34.7 Å². The minimum atomic E-state index is -0.227. The Balaban J connectivity index is 2.23. The third-order valence-electron chi connectivity index (χ3n) is 3.17. The van der Waals surface area contributed by atoms with Gasteiger partial charge in [-0.3, -0.25) is 0 Å². The van der Waals surface area contributed by atoms with Crippen LogP contribution in [-0.2, 0) is 11.3 Å². The van der Waals surface area contributed by atoms with E-state index in [1.54, 1.807) is 7.11 Å². The first kappa shape index (κ1) is 12.9. The van der Waals surface area contributed by atoms with Gasteiger partial charge in [-0.05, 0) is 42.7 Å². The SMILES string of the molecule is COCc1ccc(C(N)c2ccc(C)c(C)c2)o1. The Morgan fingerprint density at radius 3 is 2.61 bits per heavy atom. The van der Waals surface area contributed by atoms with Crippen LogP contribution in [0.5, 0.6) is 0 Å². The molecular formula is C15H19NO2. The third-order valence-corrected chi connectivity index (χ3v) is 3.17. The monoisotopic (exact) mass is 245 g/mol. The summed E-state index contributed by atoms with van der Waals surface area (Å²) < 4.78 is 10.7. The molecule has 0 saturated carbocycles. The van der Waals surface area contributed by atoms with E-state index in [9.17, 15) is 0 Å². The molecule has 0 aliphatic carbocycles. The van der Waals surface area contributed by atoms with Crippen molar-refractivity contribution in [3.05, 3.63) is 58.5 Å². The van der Waals surface area contributed by atoms with Gasteiger partial charge in [-0.15, -0.1) is 0 Å². The Morgan fingerprint density at radius 1 is 1.17 bits per heavy atom. The molecule has 3 heteroatoms. The fourth-order valence-electron chi connectivity index (χ4n) is 1.90. The van der Waals surface area contributed by atoms with Crippen LogP contribution >= 0.6 is 0 Å². The smallest absolute Gasteiger partial charge is 0.129 e. The molecular weight excluding hydrogens is 226 g/mol. The predicted molar refractivity (Wildman–Crippen MR) is 71.4 cm³/mol. The Hall–Kier alpha value is -1.58. The molecule has 1 aromatic carbocycles. The largest absolute Gasteiger partial charge is 0.462 e. The molecule has 1 aromatic heterocycles. The van der Waals surface area contributed by atoms with E-state index in [1.807, 2.05) is 18.2 Å². The fourth-order valence-corrected chi connectivity index (χ4v) is 1.90. The summed E-state index contributed by atoms with van der Waals surface area (Å²) in [6.45, 7) is 4.65. The maximum absolute atomic E-state index is 6.21. The summed E-state index contributed by atoms with van der Waals surface area (Å²) in [5.41, 5.74) is 9.79. The lowest BCUT2D eigenvalue weighted by atomic mass is 10.0. The summed E-state index contributed by atoms with van der Waals surface area (Å²) in [6.07, 6.45) is 0. The first-order valence-corrected chi connectivity index (χ1v) is 6.02. The quantitative estimate of drug-likeness (QED) is 0.900. The molecule has 0 aliphatic heterocycles. The molecule has 1 unspecified atom stereocenters. The number of ether oxygens (including phenoxy) is 1. The Kier molecular flexibility index (Phi) is 3.84. The molecule has 1 atom stereocenters. The minimum Gasteiger partial charge on any atom is -0.462 e. The van der Waals surface area contributed by atoms with Crippen molar-refractivity contribution in [1.29, 1.82) is 0 Å². The number of furan rings is 1. The zero-order valence-corrected chi connectivity index (χ0v) is 11.1. The molecule has 0 fully saturated rings. The number of aryl methyl sites for hydroxylation is 2. The first-order valence-electron chi connectivity index (χ1n) is 6.02. The van der Waals surface area contributed by atoms with Crippen LogP contribution < -0.4 is 5.73 Å². The number of methoxy groups -OCH3 is 1. The van der Waals surface area contributed by atoms with Gasteiger partial charge < -0.3 is 14.9 Å². The minimum absolute atomic E-state index is 0.227. The summed E-state index contributed by atoms with van der Waals surface area (Å²) in [4.78, 5) is 0. The van der Waals surface area contributed by atoms with Crippen molar-refractivity contribution >= 4 is 0 Å². The number of rotatable bonds is 4. The van der Waals surface area contributed by atoms with E-state index < -0.39 is 0 Å². The van der Waals surface area contributed by atoms with Crippen molar-refractivity contribution in [1.82, 2.24) is 0 Å². The highest BCUT2D eigenvalue weighted by Crippen LogP contribution is 2.23. The van der Waals surface area contributed by atoms with Gasteiger partial charge in [-0.2, -0.15) is 0 Å². The topological polar surface area (TPSA) is 48.4 Å². The van der Waals surface area contributed by atoms with Gasteiger partial charge in [0.1, 0.15) is 18.1 Å². The lowest BCUT2D eigenvalue weighted by molar-refractivity contribution is 0.162. The van der Waals surface area contributed by atoms with Crippen molar-refractivity contribution in [3.63, 3.8) is 0 Å². The molecule has 0 amide bonds. The van der Waals surface area contributed by atoms with Gasteiger partial charge >= 0.3 is 0 Å². The van der Waals surface area contributed by atoms with E-state index in [-0.39, 0.29) is 6.04 Å². The van der Waals surface area contributed by atoms with Crippen molar-refractivity contribution < 1.29 is 9.15 Å². The molecule has 2 aromatic rings. The summed E-state index contributed by atoms with van der Waals surface area (Å²) >= 11 is 0. The molecule has 2 rings (SSSR count). The van der Waals surface area contributed by atoms with E-state index >= 15 is 0 Å². The van der Waals surface area contributed by atoms with Crippen molar-refractivity contribution in [3.8, 4) is 0 Å². The van der Waals surface area contributed by atoms with Crippen molar-refractivity contribution in [2.24, 2.45) is 5.73 Å². The van der Waals surface area contributed by atoms with E-state index in [0.29, 0.717) is 6.61 Å². The van der Waals surface area contributed by atoms with Crippen LogP contribution in [-0.4, -0.2) is 7.11 Å². The Labute approximate surface area is 108 Å². The maximum Gasteiger partial charge on any atom is 0.129 e. The predicted octanol–water partition coefficient (Wildman–Crippen LogP) is 3.09. The normalized spacial score (nSPS) is 12.7. The van der Waals surface area contributed by atoms with E-state index in [0.717, 1.165) is 17.1 Å². The molecule has 96 valence electrons. The van der Waals surface area contributed by atoms with Crippen LogP contribution in [0.4, 0.5) is 0 Å². The number of hydrogen-bond donors (Lipinski definition) is 1. The summed E-state index contributed by atoms with van der Waals surface area (Å²) in [7, 11) is 1.64. The average Bonchev–Trinajstić information content (AvgIpc) is 2.81. The lowest BCUT2D eigenvalue weighted by Crippen LogP contribution is -2.11. The lowest BCUT2D eigenvalue weighted by Gasteiger charge is -2.11. The van der Waals surface area contributed by atoms with E-state index in [1.165, 1.54) is 11.1 Å². The van der Waals surface area contributed by atoms with Gasteiger partial charge in [0.15, 0.2) is 0 Å². The van der Waals surface area contributed by atoms with Crippen LogP contribution in [0, 0.1) is 13.8 Å². The van der Waals surface area contributed by atoms with Crippen LogP contribution in [0.1, 0.15) is 34.3 Å². The second-order valence-electron chi connectivity index (χ2n) is 4.56. The second kappa shape index (κ2) is 5.38. The van der Waals surface area contributed by atoms with Gasteiger partial charge in [0.05, 0.1) is 6.04 Å². The molecule has 0 radical (unpaired) electrons.